The summed E-state index contributed by atoms with van der Waals surface area (Å²) in [5.41, 5.74) is -0.339. The summed E-state index contributed by atoms with van der Waals surface area (Å²) in [7, 11) is 0. The van der Waals surface area contributed by atoms with E-state index in [2.05, 4.69) is 4.98 Å². The molecule has 1 aromatic carbocycles. The van der Waals surface area contributed by atoms with E-state index in [1.54, 1.807) is 12.4 Å². The molecule has 1 aromatic heterocycles. The molecule has 0 aliphatic carbocycles. The van der Waals surface area contributed by atoms with Crippen LogP contribution >= 0.6 is 0 Å². The maximum atomic E-state index is 10.3. The maximum absolute atomic E-state index is 10.3. The molecule has 0 fully saturated rings. The van der Waals surface area contributed by atoms with Crippen LogP contribution in [0.25, 0.3) is 0 Å². The van der Waals surface area contributed by atoms with Crippen LogP contribution in [0.5, 0.6) is 0 Å². The Hall–Kier alpha value is -1.96. The predicted molar refractivity (Wildman–Crippen MR) is 68.7 cm³/mol. The van der Waals surface area contributed by atoms with Gasteiger partial charge in [-0.2, -0.15) is 0 Å². The fourth-order valence-corrected chi connectivity index (χ4v) is 1.09. The Kier molecular flexibility index (Phi) is 11.1. The number of pyridine rings is 1. The summed E-state index contributed by atoms with van der Waals surface area (Å²) in [4.78, 5) is 24.3. The van der Waals surface area contributed by atoms with Gasteiger partial charge >= 0.3 is 23.1 Å². The summed E-state index contributed by atoms with van der Waals surface area (Å²) in [6.45, 7) is 0. The number of nitrogens with zero attached hydrogens (tertiary/aromatic N) is 1. The number of hydrogen-bond acceptors (Lipinski definition) is 5. The van der Waals surface area contributed by atoms with Crippen molar-refractivity contribution in [2.24, 2.45) is 0 Å². The standard InChI is InChI=1S/C8H6O4.C5H5N.Mg.H2O/c9-7(10)5-2-1-3-6(4-5)8(11)12;1-2-4-6-5-3-1;;/h1-4H,(H,9,10)(H,11,12);1-5H;;1H2/q;;+2;/p-2. The number of carbonyl (C=O) groups is 2. The SMILES string of the molecule is O.O=C([O-])c1cccc(C(=O)[O-])c1.[Mg+2].c1ccncc1. The summed E-state index contributed by atoms with van der Waals surface area (Å²) < 4.78 is 0. The first-order chi connectivity index (χ1) is 8.61. The Morgan fingerprint density at radius 2 is 1.30 bits per heavy atom. The fraction of sp³-hybridized carbons (Fsp3) is 0. The van der Waals surface area contributed by atoms with Gasteiger partial charge < -0.3 is 25.3 Å². The van der Waals surface area contributed by atoms with Gasteiger partial charge in [-0.05, 0) is 29.3 Å². The largest absolute Gasteiger partial charge is 2.00 e. The van der Waals surface area contributed by atoms with Gasteiger partial charge in [0.05, 0.1) is 11.9 Å². The van der Waals surface area contributed by atoms with E-state index in [4.69, 9.17) is 0 Å². The van der Waals surface area contributed by atoms with Crippen molar-refractivity contribution in [3.05, 3.63) is 66.0 Å². The quantitative estimate of drug-likeness (QED) is 0.607. The Balaban J connectivity index is 0. The zero-order chi connectivity index (χ0) is 13.4. The molecule has 0 radical (unpaired) electrons. The number of aromatic carboxylic acids is 2. The summed E-state index contributed by atoms with van der Waals surface area (Å²) in [6, 6.07) is 10.5. The molecule has 0 aliphatic heterocycles. The van der Waals surface area contributed by atoms with Crippen LogP contribution in [0.4, 0.5) is 0 Å². The minimum Gasteiger partial charge on any atom is -0.545 e. The van der Waals surface area contributed by atoms with Crippen LogP contribution in [-0.4, -0.2) is 45.5 Å². The van der Waals surface area contributed by atoms with E-state index in [1.807, 2.05) is 18.2 Å². The van der Waals surface area contributed by atoms with Gasteiger partial charge in [-0.15, -0.1) is 0 Å². The minimum absolute atomic E-state index is 0. The maximum Gasteiger partial charge on any atom is 2.00 e. The first-order valence-electron chi connectivity index (χ1n) is 4.99. The summed E-state index contributed by atoms with van der Waals surface area (Å²) in [6.07, 6.45) is 3.50. The van der Waals surface area contributed by atoms with E-state index in [0.29, 0.717) is 0 Å². The smallest absolute Gasteiger partial charge is 0.545 e. The van der Waals surface area contributed by atoms with Gasteiger partial charge in [-0.25, -0.2) is 0 Å². The zero-order valence-electron chi connectivity index (χ0n) is 10.5. The van der Waals surface area contributed by atoms with Crippen LogP contribution in [-0.2, 0) is 0 Å². The molecule has 0 spiro atoms. The third-order valence-corrected chi connectivity index (χ3v) is 1.90. The van der Waals surface area contributed by atoms with E-state index in [0.717, 1.165) is 6.07 Å². The van der Waals surface area contributed by atoms with Gasteiger partial charge in [-0.3, -0.25) is 4.98 Å². The summed E-state index contributed by atoms with van der Waals surface area (Å²) >= 11 is 0. The molecule has 0 saturated heterocycles. The van der Waals surface area contributed by atoms with Gasteiger partial charge in [0.25, 0.3) is 0 Å². The number of carboxylic acids is 2. The summed E-state index contributed by atoms with van der Waals surface area (Å²) in [5.74, 6) is -2.81. The molecule has 20 heavy (non-hydrogen) atoms. The van der Waals surface area contributed by atoms with Gasteiger partial charge in [-0.1, -0.05) is 24.3 Å². The zero-order valence-corrected chi connectivity index (χ0v) is 11.9. The number of aromatic nitrogens is 1. The first kappa shape index (κ1) is 20.4. The molecule has 2 aromatic rings. The molecule has 2 rings (SSSR count). The van der Waals surface area contributed by atoms with Crippen molar-refractivity contribution in [2.75, 3.05) is 0 Å². The van der Waals surface area contributed by atoms with Gasteiger partial charge in [0.2, 0.25) is 0 Å². The topological polar surface area (TPSA) is 125 Å². The van der Waals surface area contributed by atoms with E-state index in [9.17, 15) is 19.8 Å². The molecule has 6 nitrogen and oxygen atoms in total. The Morgan fingerprint density at radius 3 is 1.55 bits per heavy atom. The average Bonchev–Trinajstić information content (AvgIpc) is 2.41. The van der Waals surface area contributed by atoms with Crippen molar-refractivity contribution >= 4 is 35.0 Å². The Labute approximate surface area is 131 Å². The predicted octanol–water partition coefficient (Wildman–Crippen LogP) is -1.71. The number of benzene rings is 1. The molecular formula is C13H11MgNO5. The molecule has 1 heterocycles. The van der Waals surface area contributed by atoms with E-state index < -0.39 is 11.9 Å². The van der Waals surface area contributed by atoms with Crippen LogP contribution in [0.1, 0.15) is 20.7 Å². The van der Waals surface area contributed by atoms with Crippen molar-refractivity contribution in [1.82, 2.24) is 4.98 Å². The van der Waals surface area contributed by atoms with Crippen molar-refractivity contribution in [3.63, 3.8) is 0 Å². The average molecular weight is 286 g/mol. The monoisotopic (exact) mass is 285 g/mol. The second-order valence-corrected chi connectivity index (χ2v) is 3.18. The number of carbonyl (C=O) groups excluding carboxylic acids is 2. The molecule has 100 valence electrons. The molecule has 2 N–H and O–H groups in total. The summed E-state index contributed by atoms with van der Waals surface area (Å²) in [5, 5.41) is 20.5. The molecule has 0 saturated carbocycles. The van der Waals surface area contributed by atoms with Crippen LogP contribution < -0.4 is 10.2 Å². The van der Waals surface area contributed by atoms with E-state index in [-0.39, 0.29) is 39.7 Å². The van der Waals surface area contributed by atoms with Gasteiger partial charge in [0.1, 0.15) is 0 Å². The molecule has 0 aliphatic rings. The van der Waals surface area contributed by atoms with Crippen LogP contribution in [0.3, 0.4) is 0 Å². The van der Waals surface area contributed by atoms with Crippen molar-refractivity contribution in [1.29, 1.82) is 0 Å². The second-order valence-electron chi connectivity index (χ2n) is 3.18. The van der Waals surface area contributed by atoms with Gasteiger partial charge in [0.15, 0.2) is 0 Å². The minimum atomic E-state index is -1.40. The Morgan fingerprint density at radius 1 is 0.850 bits per heavy atom. The van der Waals surface area contributed by atoms with Crippen LogP contribution in [0.2, 0.25) is 0 Å². The number of carboxylic acid groups (broad SMARTS) is 2. The third-order valence-electron chi connectivity index (χ3n) is 1.90. The second kappa shape index (κ2) is 10.9. The van der Waals surface area contributed by atoms with Gasteiger partial charge in [0, 0.05) is 12.4 Å². The van der Waals surface area contributed by atoms with E-state index in [1.165, 1.54) is 18.2 Å². The molecule has 0 bridgehead atoms. The molecule has 7 heteroatoms. The fourth-order valence-electron chi connectivity index (χ4n) is 1.09. The molecule has 0 atom stereocenters. The molecule has 0 unspecified atom stereocenters. The van der Waals surface area contributed by atoms with Crippen LogP contribution in [0, 0.1) is 0 Å². The Bertz CT molecular complexity index is 477. The van der Waals surface area contributed by atoms with Crippen LogP contribution in [0.15, 0.2) is 54.9 Å². The van der Waals surface area contributed by atoms with Crippen molar-refractivity contribution in [2.45, 2.75) is 0 Å². The number of hydrogen-bond donors (Lipinski definition) is 0. The number of rotatable bonds is 2. The van der Waals surface area contributed by atoms with Crippen molar-refractivity contribution < 1.29 is 25.3 Å². The molecule has 0 amide bonds. The first-order valence-corrected chi connectivity index (χ1v) is 4.99. The van der Waals surface area contributed by atoms with Crippen molar-refractivity contribution in [3.8, 4) is 0 Å². The molecular weight excluding hydrogens is 274 g/mol. The normalized spacial score (nSPS) is 8.00. The third kappa shape index (κ3) is 7.47. The van der Waals surface area contributed by atoms with E-state index >= 15 is 0 Å².